The fraction of sp³-hybridized carbons (Fsp3) is 0.111. The Hall–Kier alpha value is -1.84. The molecule has 0 spiro atoms. The molecule has 13 heavy (non-hydrogen) atoms. The molecular formula is C9H8N2O2. The van der Waals surface area contributed by atoms with Crippen molar-refractivity contribution in [2.75, 3.05) is 0 Å². The first-order valence-electron chi connectivity index (χ1n) is 3.90. The number of carbonyl (C=O) groups is 1. The molecule has 1 aromatic rings. The van der Waals surface area contributed by atoms with Crippen molar-refractivity contribution in [2.24, 2.45) is 0 Å². The van der Waals surface area contributed by atoms with Gasteiger partial charge in [-0.1, -0.05) is 18.2 Å². The molecule has 0 unspecified atom stereocenters. The van der Waals surface area contributed by atoms with E-state index in [1.807, 2.05) is 18.2 Å². The van der Waals surface area contributed by atoms with Crippen LogP contribution in [0.25, 0.3) is 0 Å². The summed E-state index contributed by atoms with van der Waals surface area (Å²) in [6, 6.07) is 7.27. The van der Waals surface area contributed by atoms with E-state index in [4.69, 9.17) is 10.2 Å². The summed E-state index contributed by atoms with van der Waals surface area (Å²) in [7, 11) is 0. The highest BCUT2D eigenvalue weighted by atomic mass is 16.7. The summed E-state index contributed by atoms with van der Waals surface area (Å²) in [4.78, 5) is 16.0. The molecule has 4 nitrogen and oxygen atoms in total. The van der Waals surface area contributed by atoms with Gasteiger partial charge in [0.05, 0.1) is 0 Å². The van der Waals surface area contributed by atoms with Crippen LogP contribution in [0.3, 0.4) is 0 Å². The summed E-state index contributed by atoms with van der Waals surface area (Å²) in [6.07, 6.45) is 0.321. The summed E-state index contributed by atoms with van der Waals surface area (Å²) < 4.78 is 0. The highest BCUT2D eigenvalue weighted by Gasteiger charge is 2.17. The van der Waals surface area contributed by atoms with Crippen LogP contribution in [-0.4, -0.2) is 11.6 Å². The van der Waals surface area contributed by atoms with Crippen LogP contribution in [0.2, 0.25) is 0 Å². The average Bonchev–Trinajstić information content (AvgIpc) is 2.28. The van der Waals surface area contributed by atoms with Crippen molar-refractivity contribution in [1.29, 1.82) is 5.41 Å². The van der Waals surface area contributed by atoms with Crippen LogP contribution in [-0.2, 0) is 11.2 Å². The van der Waals surface area contributed by atoms with Gasteiger partial charge in [-0.15, -0.1) is 0 Å². The molecule has 0 saturated carbocycles. The van der Waals surface area contributed by atoms with Gasteiger partial charge in [-0.25, -0.2) is 0 Å². The molecule has 1 aliphatic heterocycles. The van der Waals surface area contributed by atoms with E-state index in [0.717, 1.165) is 5.56 Å². The van der Waals surface area contributed by atoms with Gasteiger partial charge < -0.3 is 4.84 Å². The standard InChI is InChI=1S/C9H8N2O2/c10-7-5-6-3-1-2-4-8(6)13-11-9(7)12/h1-4,10H,5H2,(H,11,12). The molecule has 0 atom stereocenters. The lowest BCUT2D eigenvalue weighted by atomic mass is 10.1. The third-order valence-electron chi connectivity index (χ3n) is 1.87. The van der Waals surface area contributed by atoms with Crippen molar-refractivity contribution in [3.63, 3.8) is 0 Å². The molecule has 4 heteroatoms. The zero-order valence-corrected chi connectivity index (χ0v) is 6.83. The minimum Gasteiger partial charge on any atom is -0.379 e. The monoisotopic (exact) mass is 176 g/mol. The minimum atomic E-state index is -0.476. The van der Waals surface area contributed by atoms with Crippen LogP contribution in [0.15, 0.2) is 24.3 Å². The molecule has 2 rings (SSSR count). The minimum absolute atomic E-state index is 0.0185. The van der Waals surface area contributed by atoms with E-state index in [9.17, 15) is 4.79 Å². The highest BCUT2D eigenvalue weighted by molar-refractivity contribution is 6.38. The Morgan fingerprint density at radius 3 is 3.00 bits per heavy atom. The van der Waals surface area contributed by atoms with Crippen LogP contribution in [0, 0.1) is 5.41 Å². The van der Waals surface area contributed by atoms with E-state index in [-0.39, 0.29) is 5.71 Å². The van der Waals surface area contributed by atoms with Crippen LogP contribution >= 0.6 is 0 Å². The lowest BCUT2D eigenvalue weighted by Gasteiger charge is -2.03. The Morgan fingerprint density at radius 2 is 2.15 bits per heavy atom. The summed E-state index contributed by atoms with van der Waals surface area (Å²) in [5, 5.41) is 7.37. The molecule has 1 heterocycles. The lowest BCUT2D eigenvalue weighted by Crippen LogP contribution is -2.31. The number of amides is 1. The van der Waals surface area contributed by atoms with E-state index >= 15 is 0 Å². The number of hydroxylamine groups is 1. The van der Waals surface area contributed by atoms with E-state index < -0.39 is 5.91 Å². The number of hydrogen-bond donors (Lipinski definition) is 2. The zero-order valence-electron chi connectivity index (χ0n) is 6.83. The van der Waals surface area contributed by atoms with Crippen molar-refractivity contribution in [3.05, 3.63) is 29.8 Å². The number of fused-ring (bicyclic) bond motifs is 1. The Kier molecular flexibility index (Phi) is 1.73. The fourth-order valence-corrected chi connectivity index (χ4v) is 1.18. The van der Waals surface area contributed by atoms with Crippen molar-refractivity contribution >= 4 is 11.6 Å². The highest BCUT2D eigenvalue weighted by Crippen LogP contribution is 2.19. The molecule has 1 aromatic carbocycles. The molecule has 0 radical (unpaired) electrons. The van der Waals surface area contributed by atoms with Crippen molar-refractivity contribution in [3.8, 4) is 5.75 Å². The van der Waals surface area contributed by atoms with Gasteiger partial charge in [0.2, 0.25) is 0 Å². The van der Waals surface area contributed by atoms with E-state index in [0.29, 0.717) is 12.2 Å². The first-order valence-corrected chi connectivity index (χ1v) is 3.90. The van der Waals surface area contributed by atoms with Gasteiger partial charge in [-0.2, -0.15) is 5.48 Å². The second kappa shape index (κ2) is 2.90. The van der Waals surface area contributed by atoms with Gasteiger partial charge in [0.15, 0.2) is 5.75 Å². The van der Waals surface area contributed by atoms with Crippen molar-refractivity contribution in [1.82, 2.24) is 5.48 Å². The summed E-state index contributed by atoms with van der Waals surface area (Å²) in [6.45, 7) is 0. The average molecular weight is 176 g/mol. The number of para-hydroxylation sites is 1. The first-order chi connectivity index (χ1) is 6.27. The molecular weight excluding hydrogens is 168 g/mol. The van der Waals surface area contributed by atoms with Gasteiger partial charge in [0, 0.05) is 12.0 Å². The third-order valence-corrected chi connectivity index (χ3v) is 1.87. The van der Waals surface area contributed by atoms with Crippen molar-refractivity contribution < 1.29 is 9.63 Å². The maximum atomic E-state index is 11.0. The van der Waals surface area contributed by atoms with Gasteiger partial charge in [0.1, 0.15) is 5.71 Å². The quantitative estimate of drug-likeness (QED) is 0.610. The number of benzene rings is 1. The molecule has 0 saturated heterocycles. The molecule has 0 bridgehead atoms. The van der Waals surface area contributed by atoms with Crippen LogP contribution in [0.1, 0.15) is 5.56 Å². The third kappa shape index (κ3) is 1.38. The fourth-order valence-electron chi connectivity index (χ4n) is 1.18. The van der Waals surface area contributed by atoms with Crippen LogP contribution < -0.4 is 10.3 Å². The molecule has 1 aliphatic rings. The molecule has 1 amide bonds. The second-order valence-corrected chi connectivity index (χ2v) is 2.80. The van der Waals surface area contributed by atoms with Crippen molar-refractivity contribution in [2.45, 2.75) is 6.42 Å². The maximum absolute atomic E-state index is 11.0. The Balaban J connectivity index is 2.40. The topological polar surface area (TPSA) is 62.2 Å². The van der Waals surface area contributed by atoms with Crippen LogP contribution in [0.4, 0.5) is 0 Å². The Morgan fingerprint density at radius 1 is 1.38 bits per heavy atom. The predicted molar refractivity (Wildman–Crippen MR) is 46.6 cm³/mol. The van der Waals surface area contributed by atoms with Crippen LogP contribution in [0.5, 0.6) is 5.75 Å². The number of nitrogens with one attached hydrogen (secondary N) is 2. The molecule has 2 N–H and O–H groups in total. The predicted octanol–water partition coefficient (Wildman–Crippen LogP) is 0.672. The van der Waals surface area contributed by atoms with E-state index in [1.165, 1.54) is 0 Å². The maximum Gasteiger partial charge on any atom is 0.297 e. The molecule has 0 aromatic heterocycles. The SMILES string of the molecule is N=C1Cc2ccccc2ONC1=O. The summed E-state index contributed by atoms with van der Waals surface area (Å²) in [5.74, 6) is 0.134. The Bertz CT molecular complexity index is 374. The Labute approximate surface area is 75.0 Å². The van der Waals surface area contributed by atoms with Gasteiger partial charge in [0.25, 0.3) is 5.91 Å². The summed E-state index contributed by atoms with van der Waals surface area (Å²) in [5.41, 5.74) is 3.06. The number of rotatable bonds is 0. The normalized spacial score (nSPS) is 15.4. The largest absolute Gasteiger partial charge is 0.379 e. The second-order valence-electron chi connectivity index (χ2n) is 2.80. The zero-order chi connectivity index (χ0) is 9.26. The lowest BCUT2D eigenvalue weighted by molar-refractivity contribution is -0.120. The molecule has 0 aliphatic carbocycles. The van der Waals surface area contributed by atoms with Gasteiger partial charge in [-0.05, 0) is 6.07 Å². The van der Waals surface area contributed by atoms with E-state index in [2.05, 4.69) is 5.48 Å². The smallest absolute Gasteiger partial charge is 0.297 e. The number of carbonyl (C=O) groups excluding carboxylic acids is 1. The molecule has 66 valence electrons. The number of hydrogen-bond acceptors (Lipinski definition) is 3. The van der Waals surface area contributed by atoms with Gasteiger partial charge in [-0.3, -0.25) is 10.2 Å². The molecule has 0 fully saturated rings. The van der Waals surface area contributed by atoms with E-state index in [1.54, 1.807) is 6.07 Å². The summed E-state index contributed by atoms with van der Waals surface area (Å²) >= 11 is 0. The van der Waals surface area contributed by atoms with Gasteiger partial charge >= 0.3 is 0 Å². The first kappa shape index (κ1) is 7.79.